The van der Waals surface area contributed by atoms with Crippen molar-refractivity contribution in [3.05, 3.63) is 59.5 Å². The molecule has 0 radical (unpaired) electrons. The molecule has 1 amide bonds. The number of imidazole rings is 1. The highest BCUT2D eigenvalue weighted by atomic mass is 16.6. The Bertz CT molecular complexity index is 1080. The molecule has 1 aliphatic rings. The Balaban J connectivity index is 1.34. The van der Waals surface area contributed by atoms with Crippen molar-refractivity contribution < 1.29 is 23.8 Å². The van der Waals surface area contributed by atoms with Gasteiger partial charge < -0.3 is 23.9 Å². The van der Waals surface area contributed by atoms with Crippen molar-refractivity contribution in [3.63, 3.8) is 0 Å². The van der Waals surface area contributed by atoms with Crippen molar-refractivity contribution in [2.75, 3.05) is 19.8 Å². The van der Waals surface area contributed by atoms with Crippen LogP contribution in [0.3, 0.4) is 0 Å². The Morgan fingerprint density at radius 2 is 2.00 bits per heavy atom. The molecular weight excluding hydrogens is 374 g/mol. The first-order valence-electron chi connectivity index (χ1n) is 9.32. The molecule has 0 aliphatic carbocycles. The van der Waals surface area contributed by atoms with Crippen LogP contribution in [0.2, 0.25) is 0 Å². The predicted octanol–water partition coefficient (Wildman–Crippen LogP) is 2.45. The molecule has 3 aromatic rings. The van der Waals surface area contributed by atoms with Crippen molar-refractivity contribution in [1.82, 2.24) is 14.7 Å². The van der Waals surface area contributed by atoms with Crippen LogP contribution >= 0.6 is 0 Å². The first kappa shape index (κ1) is 18.8. The normalized spacial score (nSPS) is 13.7. The number of amides is 1. The third-order valence-electron chi connectivity index (χ3n) is 4.68. The number of aryl methyl sites for hydroxylation is 1. The van der Waals surface area contributed by atoms with Gasteiger partial charge in [-0.25, -0.2) is 9.78 Å². The number of nitrogens with zero attached hydrogens (tertiary/aromatic N) is 2. The van der Waals surface area contributed by atoms with Crippen molar-refractivity contribution in [1.29, 1.82) is 0 Å². The van der Waals surface area contributed by atoms with Gasteiger partial charge in [-0.15, -0.1) is 0 Å². The van der Waals surface area contributed by atoms with Gasteiger partial charge in [0.25, 0.3) is 5.91 Å². The number of fused-ring (bicyclic) bond motifs is 2. The Morgan fingerprint density at radius 3 is 2.79 bits per heavy atom. The van der Waals surface area contributed by atoms with Crippen LogP contribution in [0, 0.1) is 6.92 Å². The van der Waals surface area contributed by atoms with Crippen molar-refractivity contribution >= 4 is 17.5 Å². The second kappa shape index (κ2) is 7.83. The van der Waals surface area contributed by atoms with Gasteiger partial charge in [-0.1, -0.05) is 12.1 Å². The van der Waals surface area contributed by atoms with Crippen LogP contribution < -0.4 is 14.8 Å². The number of ether oxygens (including phenoxy) is 3. The molecule has 1 aromatic carbocycles. The van der Waals surface area contributed by atoms with Gasteiger partial charge in [-0.05, 0) is 43.7 Å². The average Bonchev–Trinajstić information content (AvgIpc) is 3.17. The van der Waals surface area contributed by atoms with E-state index in [1.54, 1.807) is 16.7 Å². The topological polar surface area (TPSA) is 91.2 Å². The SMILES string of the molecule is Cc1cccc2nc(C(=O)OCC(=O)N[C@H](C)c3ccc4c(c3)OCCO4)cn12. The summed E-state index contributed by atoms with van der Waals surface area (Å²) in [5, 5.41) is 2.81. The number of hydrogen-bond acceptors (Lipinski definition) is 6. The summed E-state index contributed by atoms with van der Waals surface area (Å²) in [5.74, 6) is 0.300. The lowest BCUT2D eigenvalue weighted by molar-refractivity contribution is -0.124. The Kier molecular flexibility index (Phi) is 5.07. The molecule has 1 aliphatic heterocycles. The maximum atomic E-state index is 12.2. The lowest BCUT2D eigenvalue weighted by Gasteiger charge is -2.21. The standard InChI is InChI=1S/C21H21N3O5/c1-13-4-3-5-19-23-16(11-24(13)19)21(26)29-12-20(25)22-14(2)15-6-7-17-18(10-15)28-9-8-27-17/h3-7,10-11,14H,8-9,12H2,1-2H3,(H,22,25)/t14-/m1/s1. The van der Waals surface area contributed by atoms with Crippen molar-refractivity contribution in [3.8, 4) is 11.5 Å². The molecule has 4 rings (SSSR count). The fourth-order valence-corrected chi connectivity index (χ4v) is 3.15. The molecule has 0 unspecified atom stereocenters. The van der Waals surface area contributed by atoms with Gasteiger partial charge in [-0.3, -0.25) is 4.79 Å². The van der Waals surface area contributed by atoms with Crippen LogP contribution in [-0.2, 0) is 9.53 Å². The first-order chi connectivity index (χ1) is 14.0. The maximum absolute atomic E-state index is 12.2. The minimum atomic E-state index is -0.643. The zero-order chi connectivity index (χ0) is 20.4. The second-order valence-electron chi connectivity index (χ2n) is 6.79. The predicted molar refractivity (Wildman–Crippen MR) is 104 cm³/mol. The fourth-order valence-electron chi connectivity index (χ4n) is 3.15. The van der Waals surface area contributed by atoms with Crippen LogP contribution in [0.25, 0.3) is 5.65 Å². The van der Waals surface area contributed by atoms with Crippen LogP contribution in [0.4, 0.5) is 0 Å². The molecule has 150 valence electrons. The third kappa shape index (κ3) is 4.01. The summed E-state index contributed by atoms with van der Waals surface area (Å²) >= 11 is 0. The highest BCUT2D eigenvalue weighted by Crippen LogP contribution is 2.32. The summed E-state index contributed by atoms with van der Waals surface area (Å²) in [5.41, 5.74) is 2.62. The number of pyridine rings is 1. The van der Waals surface area contributed by atoms with Crippen molar-refractivity contribution in [2.45, 2.75) is 19.9 Å². The number of nitrogens with one attached hydrogen (secondary N) is 1. The monoisotopic (exact) mass is 395 g/mol. The lowest BCUT2D eigenvalue weighted by Crippen LogP contribution is -2.31. The van der Waals surface area contributed by atoms with Gasteiger partial charge in [0.1, 0.15) is 18.9 Å². The van der Waals surface area contributed by atoms with E-state index in [-0.39, 0.29) is 18.3 Å². The maximum Gasteiger partial charge on any atom is 0.359 e. The molecule has 0 fully saturated rings. The Hall–Kier alpha value is -3.55. The Labute approximate surface area is 167 Å². The average molecular weight is 395 g/mol. The number of carbonyl (C=O) groups excluding carboxylic acids is 2. The van der Waals surface area contributed by atoms with Crippen molar-refractivity contribution in [2.24, 2.45) is 0 Å². The molecule has 29 heavy (non-hydrogen) atoms. The van der Waals surface area contributed by atoms with E-state index in [1.165, 1.54) is 0 Å². The molecule has 3 heterocycles. The van der Waals surface area contributed by atoms with Crippen LogP contribution in [0.1, 0.15) is 34.7 Å². The molecule has 8 nitrogen and oxygen atoms in total. The van der Waals surface area contributed by atoms with Gasteiger partial charge >= 0.3 is 5.97 Å². The minimum absolute atomic E-state index is 0.159. The van der Waals surface area contributed by atoms with E-state index in [2.05, 4.69) is 10.3 Å². The van der Waals surface area contributed by atoms with Gasteiger partial charge in [0, 0.05) is 11.9 Å². The van der Waals surface area contributed by atoms with E-state index in [4.69, 9.17) is 14.2 Å². The summed E-state index contributed by atoms with van der Waals surface area (Å²) in [6.45, 7) is 4.39. The fraction of sp³-hybridized carbons (Fsp3) is 0.286. The molecule has 0 bridgehead atoms. The van der Waals surface area contributed by atoms with Gasteiger partial charge in [-0.2, -0.15) is 0 Å². The first-order valence-corrected chi connectivity index (χ1v) is 9.32. The Morgan fingerprint density at radius 1 is 1.21 bits per heavy atom. The zero-order valence-electron chi connectivity index (χ0n) is 16.2. The molecule has 1 N–H and O–H groups in total. The van der Waals surface area contributed by atoms with E-state index in [1.807, 2.05) is 44.2 Å². The number of benzene rings is 1. The van der Waals surface area contributed by atoms with E-state index in [0.29, 0.717) is 30.4 Å². The van der Waals surface area contributed by atoms with E-state index >= 15 is 0 Å². The van der Waals surface area contributed by atoms with Crippen LogP contribution in [0.5, 0.6) is 11.5 Å². The minimum Gasteiger partial charge on any atom is -0.486 e. The number of rotatable bonds is 5. The molecule has 8 heteroatoms. The summed E-state index contributed by atoms with van der Waals surface area (Å²) < 4.78 is 18.0. The van der Waals surface area contributed by atoms with Gasteiger partial charge in [0.15, 0.2) is 23.8 Å². The summed E-state index contributed by atoms with van der Waals surface area (Å²) in [7, 11) is 0. The third-order valence-corrected chi connectivity index (χ3v) is 4.68. The molecule has 0 saturated carbocycles. The molecule has 1 atom stereocenters. The zero-order valence-corrected chi connectivity index (χ0v) is 16.2. The van der Waals surface area contributed by atoms with Gasteiger partial charge in [0.05, 0.1) is 6.04 Å². The lowest BCUT2D eigenvalue weighted by atomic mass is 10.1. The number of esters is 1. The molecule has 2 aromatic heterocycles. The number of hydrogen-bond donors (Lipinski definition) is 1. The quantitative estimate of drug-likeness (QED) is 0.668. The number of aromatic nitrogens is 2. The smallest absolute Gasteiger partial charge is 0.359 e. The highest BCUT2D eigenvalue weighted by molar-refractivity contribution is 5.90. The molecular formula is C21H21N3O5. The van der Waals surface area contributed by atoms with Gasteiger partial charge in [0.2, 0.25) is 0 Å². The van der Waals surface area contributed by atoms with E-state index in [0.717, 1.165) is 11.3 Å². The summed E-state index contributed by atoms with van der Waals surface area (Å²) in [6, 6.07) is 10.8. The van der Waals surface area contributed by atoms with E-state index < -0.39 is 11.9 Å². The van der Waals surface area contributed by atoms with Crippen LogP contribution in [0.15, 0.2) is 42.6 Å². The largest absolute Gasteiger partial charge is 0.486 e. The van der Waals surface area contributed by atoms with E-state index in [9.17, 15) is 9.59 Å². The van der Waals surface area contributed by atoms with Crippen LogP contribution in [-0.4, -0.2) is 41.1 Å². The summed E-state index contributed by atoms with van der Waals surface area (Å²) in [4.78, 5) is 28.7. The molecule has 0 spiro atoms. The summed E-state index contributed by atoms with van der Waals surface area (Å²) in [6.07, 6.45) is 1.60. The molecule has 0 saturated heterocycles. The second-order valence-corrected chi connectivity index (χ2v) is 6.79. The number of carbonyl (C=O) groups is 2. The highest BCUT2D eigenvalue weighted by Gasteiger charge is 2.18.